The largest absolute Gasteiger partial charge is 0.495 e. The van der Waals surface area contributed by atoms with Crippen molar-refractivity contribution in [3.63, 3.8) is 0 Å². The quantitative estimate of drug-likeness (QED) is 0.402. The summed E-state index contributed by atoms with van der Waals surface area (Å²) in [6, 6.07) is 1.82. The van der Waals surface area contributed by atoms with Gasteiger partial charge in [0.1, 0.15) is 5.75 Å². The molecule has 0 saturated heterocycles. The first-order valence-corrected chi connectivity index (χ1v) is 3.55. The number of rotatable bonds is 2. The summed E-state index contributed by atoms with van der Waals surface area (Å²) < 4.78 is 4.95. The first-order chi connectivity index (χ1) is 4.88. The van der Waals surface area contributed by atoms with Crippen LogP contribution in [0.25, 0.3) is 0 Å². The molecule has 1 aromatic rings. The van der Waals surface area contributed by atoms with Gasteiger partial charge >= 0.3 is 0 Å². The topological polar surface area (TPSA) is 41.8 Å². The highest BCUT2D eigenvalue weighted by Crippen LogP contribution is 2.21. The van der Waals surface area contributed by atoms with E-state index < -0.39 is 0 Å². The first-order valence-electron chi connectivity index (χ1n) is 2.67. The summed E-state index contributed by atoms with van der Waals surface area (Å²) in [5.74, 6) is 0.739. The first kappa shape index (κ1) is 7.08. The van der Waals surface area contributed by atoms with Gasteiger partial charge in [-0.2, -0.15) is 0 Å². The fourth-order valence-corrected chi connectivity index (χ4v) is 1.34. The highest BCUT2D eigenvalue weighted by molar-refractivity contribution is 7.12. The van der Waals surface area contributed by atoms with Crippen LogP contribution in [0.15, 0.2) is 16.6 Å². The summed E-state index contributed by atoms with van der Waals surface area (Å²) in [4.78, 5) is 0.824. The van der Waals surface area contributed by atoms with E-state index in [-0.39, 0.29) is 0 Å². The summed E-state index contributed by atoms with van der Waals surface area (Å²) in [6.07, 6.45) is 1.35. The van der Waals surface area contributed by atoms with Crippen molar-refractivity contribution in [2.75, 3.05) is 7.11 Å². The molecule has 1 aromatic heterocycles. The Morgan fingerprint density at radius 1 is 1.80 bits per heavy atom. The number of nitrogens with zero attached hydrogens (tertiary/aromatic N) is 1. The predicted molar refractivity (Wildman–Crippen MR) is 40.3 cm³/mol. The average Bonchev–Trinajstić information content (AvgIpc) is 2.36. The number of hydrogen-bond acceptors (Lipinski definition) is 4. The molecule has 0 fully saturated rings. The van der Waals surface area contributed by atoms with Gasteiger partial charge in [-0.3, -0.25) is 0 Å². The summed E-state index contributed by atoms with van der Waals surface area (Å²) in [5, 5.41) is 12.9. The van der Waals surface area contributed by atoms with E-state index in [9.17, 15) is 0 Å². The summed E-state index contributed by atoms with van der Waals surface area (Å²) >= 11 is 1.46. The molecule has 1 heterocycles. The molecular weight excluding hydrogens is 150 g/mol. The molecule has 3 nitrogen and oxygen atoms in total. The van der Waals surface area contributed by atoms with E-state index in [1.165, 1.54) is 17.6 Å². The molecule has 0 aromatic carbocycles. The molecule has 0 spiro atoms. The Morgan fingerprint density at radius 3 is 3.20 bits per heavy atom. The second kappa shape index (κ2) is 3.22. The Kier molecular flexibility index (Phi) is 2.28. The number of oxime groups is 1. The lowest BCUT2D eigenvalue weighted by atomic mass is 10.4. The summed E-state index contributed by atoms with van der Waals surface area (Å²) in [5.41, 5.74) is 0. The van der Waals surface area contributed by atoms with Crippen molar-refractivity contribution < 1.29 is 9.94 Å². The van der Waals surface area contributed by atoms with Crippen LogP contribution < -0.4 is 4.74 Å². The van der Waals surface area contributed by atoms with Crippen molar-refractivity contribution in [2.45, 2.75) is 0 Å². The van der Waals surface area contributed by atoms with Crippen LogP contribution in [0, 0.1) is 0 Å². The molecular formula is C6H7NO2S. The van der Waals surface area contributed by atoms with E-state index in [0.29, 0.717) is 0 Å². The zero-order chi connectivity index (χ0) is 7.40. The van der Waals surface area contributed by atoms with Crippen molar-refractivity contribution in [3.05, 3.63) is 16.3 Å². The number of ether oxygens (including phenoxy) is 1. The zero-order valence-corrected chi connectivity index (χ0v) is 6.26. The number of thiophene rings is 1. The highest BCUT2D eigenvalue weighted by Gasteiger charge is 1.99. The minimum atomic E-state index is 0.739. The van der Waals surface area contributed by atoms with Crippen LogP contribution in [-0.4, -0.2) is 18.5 Å². The van der Waals surface area contributed by atoms with Crippen LogP contribution in [0.2, 0.25) is 0 Å². The van der Waals surface area contributed by atoms with Gasteiger partial charge in [0.15, 0.2) is 0 Å². The van der Waals surface area contributed by atoms with Gasteiger partial charge in [-0.05, 0) is 11.4 Å². The van der Waals surface area contributed by atoms with E-state index in [4.69, 9.17) is 9.94 Å². The van der Waals surface area contributed by atoms with E-state index in [1.54, 1.807) is 7.11 Å². The fraction of sp³-hybridized carbons (Fsp3) is 0.167. The molecule has 0 amide bonds. The summed E-state index contributed by atoms with van der Waals surface area (Å²) in [7, 11) is 1.58. The Labute approximate surface area is 62.6 Å². The molecule has 54 valence electrons. The third-order valence-electron chi connectivity index (χ3n) is 1.05. The van der Waals surface area contributed by atoms with E-state index in [0.717, 1.165) is 10.6 Å². The van der Waals surface area contributed by atoms with Gasteiger partial charge < -0.3 is 9.94 Å². The second-order valence-corrected chi connectivity index (χ2v) is 2.55. The van der Waals surface area contributed by atoms with Gasteiger partial charge in [-0.15, -0.1) is 11.3 Å². The normalized spacial score (nSPS) is 10.5. The Morgan fingerprint density at radius 2 is 2.60 bits per heavy atom. The lowest BCUT2D eigenvalue weighted by molar-refractivity contribution is 0.321. The number of methoxy groups -OCH3 is 1. The molecule has 10 heavy (non-hydrogen) atoms. The lowest BCUT2D eigenvalue weighted by Gasteiger charge is -1.93. The molecule has 0 unspecified atom stereocenters. The van der Waals surface area contributed by atoms with Crippen LogP contribution in [0.5, 0.6) is 5.75 Å². The van der Waals surface area contributed by atoms with Crippen molar-refractivity contribution >= 4 is 17.6 Å². The molecule has 4 heteroatoms. The van der Waals surface area contributed by atoms with E-state index >= 15 is 0 Å². The SMILES string of the molecule is COc1ccsc1/C=N/O. The Balaban J connectivity index is 2.90. The maximum absolute atomic E-state index is 8.18. The fourth-order valence-electron chi connectivity index (χ4n) is 0.624. The van der Waals surface area contributed by atoms with Crippen molar-refractivity contribution in [1.29, 1.82) is 0 Å². The van der Waals surface area contributed by atoms with Gasteiger partial charge in [-0.1, -0.05) is 5.16 Å². The molecule has 0 atom stereocenters. The van der Waals surface area contributed by atoms with Crippen molar-refractivity contribution in [1.82, 2.24) is 0 Å². The smallest absolute Gasteiger partial charge is 0.138 e. The van der Waals surface area contributed by atoms with Crippen LogP contribution in [0.1, 0.15) is 4.88 Å². The van der Waals surface area contributed by atoms with E-state index in [2.05, 4.69) is 5.16 Å². The monoisotopic (exact) mass is 157 g/mol. The van der Waals surface area contributed by atoms with Gasteiger partial charge in [-0.25, -0.2) is 0 Å². The van der Waals surface area contributed by atoms with Gasteiger partial charge in [0.25, 0.3) is 0 Å². The van der Waals surface area contributed by atoms with E-state index in [1.807, 2.05) is 11.4 Å². The van der Waals surface area contributed by atoms with Crippen LogP contribution in [-0.2, 0) is 0 Å². The van der Waals surface area contributed by atoms with Crippen LogP contribution >= 0.6 is 11.3 Å². The average molecular weight is 157 g/mol. The molecule has 0 aliphatic carbocycles. The highest BCUT2D eigenvalue weighted by atomic mass is 32.1. The maximum Gasteiger partial charge on any atom is 0.138 e. The third kappa shape index (κ3) is 1.27. The molecule has 0 bridgehead atoms. The lowest BCUT2D eigenvalue weighted by Crippen LogP contribution is -1.83. The standard InChI is InChI=1S/C6H7NO2S/c1-9-5-2-3-10-6(5)4-7-8/h2-4,8H,1H3/b7-4+. The van der Waals surface area contributed by atoms with Gasteiger partial charge in [0.05, 0.1) is 18.2 Å². The molecule has 0 radical (unpaired) electrons. The molecule has 0 aliphatic rings. The van der Waals surface area contributed by atoms with Crippen molar-refractivity contribution in [3.8, 4) is 5.75 Å². The summed E-state index contributed by atoms with van der Waals surface area (Å²) in [6.45, 7) is 0. The Bertz CT molecular complexity index is 231. The van der Waals surface area contributed by atoms with Gasteiger partial charge in [0, 0.05) is 0 Å². The zero-order valence-electron chi connectivity index (χ0n) is 5.44. The minimum Gasteiger partial charge on any atom is -0.495 e. The molecule has 1 N–H and O–H groups in total. The number of hydrogen-bond donors (Lipinski definition) is 1. The van der Waals surface area contributed by atoms with Crippen LogP contribution in [0.3, 0.4) is 0 Å². The predicted octanol–water partition coefficient (Wildman–Crippen LogP) is 1.56. The minimum absolute atomic E-state index is 0.739. The van der Waals surface area contributed by atoms with Gasteiger partial charge in [0.2, 0.25) is 0 Å². The maximum atomic E-state index is 8.18. The Hall–Kier alpha value is -1.03. The van der Waals surface area contributed by atoms with Crippen LogP contribution in [0.4, 0.5) is 0 Å². The molecule has 0 saturated carbocycles. The second-order valence-electron chi connectivity index (χ2n) is 1.60. The third-order valence-corrected chi connectivity index (χ3v) is 1.88. The molecule has 1 rings (SSSR count). The molecule has 0 aliphatic heterocycles. The van der Waals surface area contributed by atoms with Crippen molar-refractivity contribution in [2.24, 2.45) is 5.16 Å².